The van der Waals surface area contributed by atoms with Crippen LogP contribution in [0, 0.1) is 0 Å². The summed E-state index contributed by atoms with van der Waals surface area (Å²) in [5, 5.41) is 0. The second kappa shape index (κ2) is 6.61. The zero-order valence-corrected chi connectivity index (χ0v) is 9.59. The number of nitrogens with zero attached hydrogens (tertiary/aromatic N) is 2. The molecule has 0 fully saturated rings. The van der Waals surface area contributed by atoms with Crippen LogP contribution < -0.4 is 0 Å². The van der Waals surface area contributed by atoms with Gasteiger partial charge in [0, 0.05) is 44.2 Å². The molecular weight excluding hydrogens is 204 g/mol. The highest BCUT2D eigenvalue weighted by atomic mass is 16.5. The molecule has 0 N–H and O–H groups in total. The van der Waals surface area contributed by atoms with Crippen LogP contribution >= 0.6 is 0 Å². The second-order valence-corrected chi connectivity index (χ2v) is 3.39. The lowest BCUT2D eigenvalue weighted by atomic mass is 10.2. The van der Waals surface area contributed by atoms with Gasteiger partial charge in [-0.25, -0.2) is 4.79 Å². The summed E-state index contributed by atoms with van der Waals surface area (Å²) in [6.45, 7) is 0.810. The molecule has 0 radical (unpaired) electrons. The maximum atomic E-state index is 10.8. The lowest BCUT2D eigenvalue weighted by Gasteiger charge is -2.12. The van der Waals surface area contributed by atoms with Gasteiger partial charge in [0.2, 0.25) is 0 Å². The third-order valence-corrected chi connectivity index (χ3v) is 2.11. The van der Waals surface area contributed by atoms with Gasteiger partial charge in [-0.05, 0) is 12.1 Å². The third-order valence-electron chi connectivity index (χ3n) is 2.11. The van der Waals surface area contributed by atoms with E-state index >= 15 is 0 Å². The number of aromatic nitrogens is 1. The van der Waals surface area contributed by atoms with E-state index < -0.39 is 0 Å². The van der Waals surface area contributed by atoms with Crippen molar-refractivity contribution in [3.8, 4) is 0 Å². The van der Waals surface area contributed by atoms with Crippen molar-refractivity contribution in [3.63, 3.8) is 0 Å². The Morgan fingerprint density at radius 3 is 3.00 bits per heavy atom. The fraction of sp³-hybridized carbons (Fsp3) is 0.333. The van der Waals surface area contributed by atoms with Crippen LogP contribution in [0.25, 0.3) is 0 Å². The lowest BCUT2D eigenvalue weighted by Crippen LogP contribution is -2.15. The summed E-state index contributed by atoms with van der Waals surface area (Å²) in [6.07, 6.45) is 5.73. The zero-order chi connectivity index (χ0) is 11.8. The summed E-state index contributed by atoms with van der Waals surface area (Å²) < 4.78 is 4.50. The van der Waals surface area contributed by atoms with E-state index in [1.54, 1.807) is 12.4 Å². The molecule has 1 aromatic rings. The highest BCUT2D eigenvalue weighted by Gasteiger charge is 1.97. The van der Waals surface area contributed by atoms with E-state index in [-0.39, 0.29) is 5.97 Å². The first-order valence-corrected chi connectivity index (χ1v) is 5.08. The topological polar surface area (TPSA) is 42.4 Å². The van der Waals surface area contributed by atoms with Crippen molar-refractivity contribution in [2.75, 3.05) is 20.7 Å². The molecule has 0 unspecified atom stereocenters. The number of hydrogen-bond donors (Lipinski definition) is 0. The molecule has 0 aliphatic rings. The number of pyridine rings is 1. The van der Waals surface area contributed by atoms with Crippen molar-refractivity contribution in [3.05, 3.63) is 42.4 Å². The van der Waals surface area contributed by atoms with Crippen LogP contribution in [0.3, 0.4) is 0 Å². The minimum atomic E-state index is -0.343. The quantitative estimate of drug-likeness (QED) is 0.553. The van der Waals surface area contributed by atoms with Crippen molar-refractivity contribution in [1.82, 2.24) is 9.88 Å². The van der Waals surface area contributed by atoms with Gasteiger partial charge in [-0.1, -0.05) is 6.07 Å². The number of carbonyl (C=O) groups is 1. The monoisotopic (exact) mass is 220 g/mol. The Kier molecular flexibility index (Phi) is 5.05. The minimum absolute atomic E-state index is 0.343. The van der Waals surface area contributed by atoms with Crippen molar-refractivity contribution in [2.45, 2.75) is 6.42 Å². The molecule has 4 heteroatoms. The van der Waals surface area contributed by atoms with Crippen LogP contribution in [0.2, 0.25) is 0 Å². The number of rotatable bonds is 5. The molecule has 0 aliphatic heterocycles. The molecule has 0 aliphatic carbocycles. The van der Waals surface area contributed by atoms with Crippen molar-refractivity contribution in [1.29, 1.82) is 0 Å². The number of ether oxygens (including phenoxy) is 1. The molecular formula is C12H16N2O2. The molecule has 1 heterocycles. The van der Waals surface area contributed by atoms with E-state index in [2.05, 4.69) is 9.72 Å². The summed E-state index contributed by atoms with van der Waals surface area (Å²) in [4.78, 5) is 17.0. The van der Waals surface area contributed by atoms with Crippen LogP contribution in [0.5, 0.6) is 0 Å². The van der Waals surface area contributed by atoms with E-state index in [4.69, 9.17) is 0 Å². The maximum Gasteiger partial charge on any atom is 0.331 e. The van der Waals surface area contributed by atoms with E-state index in [0.717, 1.165) is 18.7 Å². The van der Waals surface area contributed by atoms with Crippen molar-refractivity contribution in [2.24, 2.45) is 0 Å². The maximum absolute atomic E-state index is 10.8. The number of methoxy groups -OCH3 is 1. The second-order valence-electron chi connectivity index (χ2n) is 3.39. The SMILES string of the molecule is COC(=O)C=CN(C)CCc1ccccn1. The Balaban J connectivity index is 2.33. The fourth-order valence-electron chi connectivity index (χ4n) is 1.17. The molecule has 4 nitrogen and oxygen atoms in total. The first-order valence-electron chi connectivity index (χ1n) is 5.08. The Bertz CT molecular complexity index is 349. The van der Waals surface area contributed by atoms with Crippen LogP contribution in [-0.2, 0) is 16.0 Å². The van der Waals surface area contributed by atoms with Crippen molar-refractivity contribution < 1.29 is 9.53 Å². The highest BCUT2D eigenvalue weighted by molar-refractivity contribution is 5.81. The Morgan fingerprint density at radius 2 is 2.38 bits per heavy atom. The van der Waals surface area contributed by atoms with Gasteiger partial charge >= 0.3 is 5.97 Å². The van der Waals surface area contributed by atoms with Crippen LogP contribution in [0.15, 0.2) is 36.7 Å². The first-order chi connectivity index (χ1) is 7.72. The molecule has 0 bridgehead atoms. The largest absolute Gasteiger partial charge is 0.466 e. The Labute approximate surface area is 95.6 Å². The summed E-state index contributed by atoms with van der Waals surface area (Å²) >= 11 is 0. The standard InChI is InChI=1S/C12H16N2O2/c1-14(10-7-12(15)16-2)9-6-11-5-3-4-8-13-11/h3-5,7-8,10H,6,9H2,1-2H3. The van der Waals surface area contributed by atoms with Crippen LogP contribution in [0.1, 0.15) is 5.69 Å². The van der Waals surface area contributed by atoms with E-state index in [1.165, 1.54) is 13.2 Å². The summed E-state index contributed by atoms with van der Waals surface area (Å²) in [6, 6.07) is 5.84. The van der Waals surface area contributed by atoms with E-state index in [9.17, 15) is 4.79 Å². The Morgan fingerprint density at radius 1 is 1.56 bits per heavy atom. The summed E-state index contributed by atoms with van der Waals surface area (Å²) in [7, 11) is 3.27. The molecule has 0 atom stereocenters. The summed E-state index contributed by atoms with van der Waals surface area (Å²) in [5.41, 5.74) is 1.04. The van der Waals surface area contributed by atoms with Crippen molar-refractivity contribution >= 4 is 5.97 Å². The normalized spacial score (nSPS) is 10.4. The van der Waals surface area contributed by atoms with E-state index in [1.807, 2.05) is 30.1 Å². The van der Waals surface area contributed by atoms with Crippen LogP contribution in [0.4, 0.5) is 0 Å². The van der Waals surface area contributed by atoms with Gasteiger partial charge in [-0.15, -0.1) is 0 Å². The van der Waals surface area contributed by atoms with Gasteiger partial charge in [0.1, 0.15) is 0 Å². The van der Waals surface area contributed by atoms with Gasteiger partial charge in [-0.2, -0.15) is 0 Å². The van der Waals surface area contributed by atoms with Gasteiger partial charge < -0.3 is 9.64 Å². The zero-order valence-electron chi connectivity index (χ0n) is 9.59. The smallest absolute Gasteiger partial charge is 0.331 e. The fourth-order valence-corrected chi connectivity index (χ4v) is 1.17. The minimum Gasteiger partial charge on any atom is -0.466 e. The Hall–Kier alpha value is -1.84. The van der Waals surface area contributed by atoms with Crippen LogP contribution in [-0.4, -0.2) is 36.6 Å². The average Bonchev–Trinajstić information content (AvgIpc) is 2.34. The van der Waals surface area contributed by atoms with Gasteiger partial charge in [0.05, 0.1) is 7.11 Å². The molecule has 0 amide bonds. The third kappa shape index (κ3) is 4.59. The predicted molar refractivity (Wildman–Crippen MR) is 61.7 cm³/mol. The number of carbonyl (C=O) groups excluding carboxylic acids is 1. The molecule has 0 aromatic carbocycles. The molecule has 0 saturated heterocycles. The molecule has 1 aromatic heterocycles. The molecule has 16 heavy (non-hydrogen) atoms. The van der Waals surface area contributed by atoms with Gasteiger partial charge in [0.25, 0.3) is 0 Å². The van der Waals surface area contributed by atoms with Gasteiger partial charge in [0.15, 0.2) is 0 Å². The summed E-state index contributed by atoms with van der Waals surface area (Å²) in [5.74, 6) is -0.343. The predicted octanol–water partition coefficient (Wildman–Crippen LogP) is 1.24. The van der Waals surface area contributed by atoms with E-state index in [0.29, 0.717) is 0 Å². The first kappa shape index (κ1) is 12.2. The molecule has 0 saturated carbocycles. The lowest BCUT2D eigenvalue weighted by molar-refractivity contribution is -0.134. The number of likely N-dealkylation sites (N-methyl/N-ethyl adjacent to an activating group) is 1. The van der Waals surface area contributed by atoms with Gasteiger partial charge in [-0.3, -0.25) is 4.98 Å². The number of hydrogen-bond acceptors (Lipinski definition) is 4. The molecule has 86 valence electrons. The molecule has 1 rings (SSSR count). The molecule has 0 spiro atoms. The average molecular weight is 220 g/mol. The number of esters is 1. The highest BCUT2D eigenvalue weighted by Crippen LogP contribution is 1.96.